The van der Waals surface area contributed by atoms with Crippen molar-refractivity contribution in [3.63, 3.8) is 0 Å². The van der Waals surface area contributed by atoms with Gasteiger partial charge in [-0.3, -0.25) is 4.79 Å². The first kappa shape index (κ1) is 23.1. The predicted octanol–water partition coefficient (Wildman–Crippen LogP) is 4.63. The number of hydrogen-bond donors (Lipinski definition) is 3. The van der Waals surface area contributed by atoms with Gasteiger partial charge in [0.25, 0.3) is 0 Å². The molecule has 0 fully saturated rings. The fraction of sp³-hybridized carbons (Fsp3) is 0.261. The van der Waals surface area contributed by atoms with Crippen molar-refractivity contribution in [1.82, 2.24) is 15.3 Å². The molecule has 2 aromatic carbocycles. The van der Waals surface area contributed by atoms with Crippen molar-refractivity contribution in [2.45, 2.75) is 26.4 Å². The second kappa shape index (κ2) is 10.1. The lowest BCUT2D eigenvalue weighted by molar-refractivity contribution is -0.137. The highest BCUT2D eigenvalue weighted by molar-refractivity contribution is 5.78. The molecule has 0 aliphatic rings. The maximum atomic E-state index is 12.6. The summed E-state index contributed by atoms with van der Waals surface area (Å²) in [5, 5.41) is 9.02. The Morgan fingerprint density at radius 3 is 2.28 bits per heavy atom. The van der Waals surface area contributed by atoms with E-state index in [2.05, 4.69) is 25.9 Å². The van der Waals surface area contributed by atoms with Crippen molar-refractivity contribution in [2.75, 3.05) is 23.7 Å². The van der Waals surface area contributed by atoms with Gasteiger partial charge in [-0.05, 0) is 43.7 Å². The molecule has 0 radical (unpaired) electrons. The number of carbonyl (C=O) groups is 1. The maximum Gasteiger partial charge on any atom is 0.416 e. The zero-order valence-corrected chi connectivity index (χ0v) is 17.8. The summed E-state index contributed by atoms with van der Waals surface area (Å²) in [6, 6.07) is 14.3. The predicted molar refractivity (Wildman–Crippen MR) is 118 cm³/mol. The Morgan fingerprint density at radius 1 is 0.938 bits per heavy atom. The van der Waals surface area contributed by atoms with Gasteiger partial charge in [0.2, 0.25) is 11.9 Å². The van der Waals surface area contributed by atoms with Gasteiger partial charge < -0.3 is 16.0 Å². The molecule has 1 amide bonds. The number of hydrogen-bond acceptors (Lipinski definition) is 5. The Kier molecular flexibility index (Phi) is 7.29. The van der Waals surface area contributed by atoms with E-state index in [0.29, 0.717) is 30.4 Å². The normalized spacial score (nSPS) is 11.2. The molecule has 0 spiro atoms. The van der Waals surface area contributed by atoms with Crippen LogP contribution in [0.4, 0.5) is 30.6 Å². The third-order valence-electron chi connectivity index (χ3n) is 4.55. The monoisotopic (exact) mass is 443 g/mol. The fourth-order valence-electron chi connectivity index (χ4n) is 2.93. The molecule has 6 nitrogen and oxygen atoms in total. The number of nitrogens with one attached hydrogen (secondary N) is 3. The molecule has 0 aliphatic heterocycles. The van der Waals surface area contributed by atoms with E-state index >= 15 is 0 Å². The third kappa shape index (κ3) is 6.97. The summed E-state index contributed by atoms with van der Waals surface area (Å²) in [5.41, 5.74) is 2.63. The van der Waals surface area contributed by atoms with Crippen LogP contribution in [0.5, 0.6) is 0 Å². The lowest BCUT2D eigenvalue weighted by Gasteiger charge is -2.11. The summed E-state index contributed by atoms with van der Waals surface area (Å²) in [7, 11) is 0. The molecule has 1 heterocycles. The highest BCUT2D eigenvalue weighted by atomic mass is 19.4. The van der Waals surface area contributed by atoms with Gasteiger partial charge in [-0.15, -0.1) is 0 Å². The van der Waals surface area contributed by atoms with Crippen LogP contribution in [-0.2, 0) is 17.4 Å². The number of aromatic nitrogens is 2. The molecule has 0 bridgehead atoms. The van der Waals surface area contributed by atoms with Crippen molar-refractivity contribution in [2.24, 2.45) is 0 Å². The minimum atomic E-state index is -4.39. The average Bonchev–Trinajstić information content (AvgIpc) is 2.72. The van der Waals surface area contributed by atoms with E-state index in [9.17, 15) is 18.0 Å². The molecule has 0 unspecified atom stereocenters. The first-order valence-electron chi connectivity index (χ1n) is 10.0. The Morgan fingerprint density at radius 2 is 1.62 bits per heavy atom. The van der Waals surface area contributed by atoms with Crippen molar-refractivity contribution in [1.29, 1.82) is 0 Å². The summed E-state index contributed by atoms with van der Waals surface area (Å²) < 4.78 is 37.8. The lowest BCUT2D eigenvalue weighted by atomic mass is 10.1. The number of aryl methyl sites for hydroxylation is 2. The van der Waals surface area contributed by atoms with Crippen LogP contribution in [0.25, 0.3) is 0 Å². The Balaban J connectivity index is 1.46. The van der Waals surface area contributed by atoms with Crippen molar-refractivity contribution in [3.05, 3.63) is 77.0 Å². The second-order valence-electron chi connectivity index (χ2n) is 7.36. The fourth-order valence-corrected chi connectivity index (χ4v) is 2.93. The molecule has 0 atom stereocenters. The molecule has 32 heavy (non-hydrogen) atoms. The summed E-state index contributed by atoms with van der Waals surface area (Å²) in [4.78, 5) is 20.8. The smallest absolute Gasteiger partial charge is 0.354 e. The van der Waals surface area contributed by atoms with Crippen LogP contribution in [0, 0.1) is 13.8 Å². The zero-order valence-electron chi connectivity index (χ0n) is 17.8. The highest BCUT2D eigenvalue weighted by Gasteiger charge is 2.29. The molecule has 0 aliphatic carbocycles. The summed E-state index contributed by atoms with van der Waals surface area (Å²) in [6.45, 7) is 4.59. The zero-order chi connectivity index (χ0) is 23.1. The van der Waals surface area contributed by atoms with Crippen molar-refractivity contribution < 1.29 is 18.0 Å². The Hall–Kier alpha value is -3.62. The van der Waals surface area contributed by atoms with Crippen LogP contribution in [0.3, 0.4) is 0 Å². The first-order chi connectivity index (χ1) is 15.2. The van der Waals surface area contributed by atoms with E-state index < -0.39 is 11.7 Å². The van der Waals surface area contributed by atoms with Crippen LogP contribution in [0.1, 0.15) is 22.4 Å². The molecule has 1 aromatic heterocycles. The minimum absolute atomic E-state index is 0.00367. The van der Waals surface area contributed by atoms with E-state index in [0.717, 1.165) is 29.1 Å². The first-order valence-corrected chi connectivity index (χ1v) is 10.0. The topological polar surface area (TPSA) is 78.9 Å². The summed E-state index contributed by atoms with van der Waals surface area (Å²) in [6.07, 6.45) is -4.39. The quantitative estimate of drug-likeness (QED) is 0.443. The van der Waals surface area contributed by atoms with Gasteiger partial charge >= 0.3 is 6.18 Å². The van der Waals surface area contributed by atoms with E-state index in [1.54, 1.807) is 0 Å². The number of anilines is 3. The van der Waals surface area contributed by atoms with E-state index in [-0.39, 0.29) is 12.3 Å². The van der Waals surface area contributed by atoms with Crippen LogP contribution >= 0.6 is 0 Å². The molecule has 0 saturated carbocycles. The number of rotatable bonds is 8. The van der Waals surface area contributed by atoms with E-state index in [1.807, 2.05) is 44.2 Å². The van der Waals surface area contributed by atoms with Crippen LogP contribution in [-0.4, -0.2) is 29.0 Å². The molecule has 3 rings (SSSR count). The lowest BCUT2D eigenvalue weighted by Crippen LogP contribution is -2.30. The minimum Gasteiger partial charge on any atom is -0.354 e. The summed E-state index contributed by atoms with van der Waals surface area (Å²) in [5.74, 6) is 0.797. The number of amides is 1. The van der Waals surface area contributed by atoms with Gasteiger partial charge in [0.05, 0.1) is 12.0 Å². The summed E-state index contributed by atoms with van der Waals surface area (Å²) >= 11 is 0. The standard InChI is InChI=1S/C23H24F3N5O/c1-15-3-9-19(10-4-15)30-20-13-16(2)29-22(31-20)28-12-11-27-21(32)14-17-5-7-18(8-6-17)23(24,25)26/h3-10,13H,11-12,14H2,1-2H3,(H,27,32)(H2,28,29,30,31). The van der Waals surface area contributed by atoms with Gasteiger partial charge in [-0.1, -0.05) is 29.8 Å². The number of nitrogens with zero attached hydrogens (tertiary/aromatic N) is 2. The van der Waals surface area contributed by atoms with Gasteiger partial charge in [-0.2, -0.15) is 18.2 Å². The number of benzene rings is 2. The van der Waals surface area contributed by atoms with Crippen LogP contribution < -0.4 is 16.0 Å². The molecular formula is C23H24F3N5O. The average molecular weight is 443 g/mol. The van der Waals surface area contributed by atoms with Gasteiger partial charge in [0.1, 0.15) is 5.82 Å². The highest BCUT2D eigenvalue weighted by Crippen LogP contribution is 2.29. The third-order valence-corrected chi connectivity index (χ3v) is 4.55. The number of halogens is 3. The van der Waals surface area contributed by atoms with E-state index in [1.165, 1.54) is 12.1 Å². The molecule has 168 valence electrons. The van der Waals surface area contributed by atoms with Crippen molar-refractivity contribution >= 4 is 23.4 Å². The van der Waals surface area contributed by atoms with Crippen molar-refractivity contribution in [3.8, 4) is 0 Å². The van der Waals surface area contributed by atoms with Gasteiger partial charge in [-0.25, -0.2) is 4.98 Å². The molecule has 9 heteroatoms. The van der Waals surface area contributed by atoms with E-state index in [4.69, 9.17) is 0 Å². The molecule has 3 N–H and O–H groups in total. The number of carbonyl (C=O) groups excluding carboxylic acids is 1. The molecule has 0 saturated heterocycles. The molecule has 3 aromatic rings. The SMILES string of the molecule is Cc1ccc(Nc2cc(C)nc(NCCNC(=O)Cc3ccc(C(F)(F)F)cc3)n2)cc1. The van der Waals surface area contributed by atoms with Crippen LogP contribution in [0.2, 0.25) is 0 Å². The molecular weight excluding hydrogens is 419 g/mol. The largest absolute Gasteiger partial charge is 0.416 e. The Bertz CT molecular complexity index is 1050. The maximum absolute atomic E-state index is 12.6. The second-order valence-corrected chi connectivity index (χ2v) is 7.36. The van der Waals surface area contributed by atoms with Crippen LogP contribution in [0.15, 0.2) is 54.6 Å². The van der Waals surface area contributed by atoms with Gasteiger partial charge in [0, 0.05) is 30.5 Å². The Labute approximate surface area is 184 Å². The van der Waals surface area contributed by atoms with Gasteiger partial charge in [0.15, 0.2) is 0 Å². The number of alkyl halides is 3.